The van der Waals surface area contributed by atoms with Crippen LogP contribution in [0.2, 0.25) is 0 Å². The topological polar surface area (TPSA) is 54.4 Å². The van der Waals surface area contributed by atoms with Crippen molar-refractivity contribution in [1.29, 1.82) is 0 Å². The molecule has 0 aliphatic carbocycles. The second-order valence-electron chi connectivity index (χ2n) is 5.33. The van der Waals surface area contributed by atoms with E-state index in [4.69, 9.17) is 0 Å². The third-order valence-electron chi connectivity index (χ3n) is 3.42. The average Bonchev–Trinajstić information content (AvgIpc) is 2.53. The molecule has 1 N–H and O–H groups in total. The van der Waals surface area contributed by atoms with E-state index >= 15 is 0 Å². The highest BCUT2D eigenvalue weighted by molar-refractivity contribution is 7.91. The fraction of sp³-hybridized carbons (Fsp3) is 0.176. The maximum atomic E-state index is 12.7. The molecule has 24 heavy (non-hydrogen) atoms. The van der Waals surface area contributed by atoms with Crippen molar-refractivity contribution >= 4 is 15.9 Å². The molecule has 0 aromatic heterocycles. The molecule has 0 aliphatic heterocycles. The number of rotatable bonds is 4. The Labute approximate surface area is 138 Å². The molecule has 0 heterocycles. The average molecular weight is 356 g/mol. The van der Waals surface area contributed by atoms with Gasteiger partial charge in [0.15, 0.2) is 5.60 Å². The van der Waals surface area contributed by atoms with E-state index in [1.165, 1.54) is 36.4 Å². The van der Waals surface area contributed by atoms with Crippen molar-refractivity contribution in [2.24, 2.45) is 0 Å². The molecule has 0 amide bonds. The van der Waals surface area contributed by atoms with E-state index in [0.717, 1.165) is 6.08 Å². The van der Waals surface area contributed by atoms with Crippen molar-refractivity contribution < 1.29 is 26.7 Å². The van der Waals surface area contributed by atoms with Gasteiger partial charge in [0.25, 0.3) is 0 Å². The SMILES string of the molecule is CC(O)(C=Cc1ccccc1S(=O)(=O)c1ccccc1)C(F)(F)F. The Hall–Kier alpha value is -2.12. The number of sulfone groups is 1. The lowest BCUT2D eigenvalue weighted by molar-refractivity contribution is -0.232. The Kier molecular flexibility index (Phi) is 4.87. The molecule has 0 spiro atoms. The van der Waals surface area contributed by atoms with Crippen LogP contribution < -0.4 is 0 Å². The van der Waals surface area contributed by atoms with E-state index < -0.39 is 21.6 Å². The van der Waals surface area contributed by atoms with Crippen LogP contribution in [-0.4, -0.2) is 25.3 Å². The van der Waals surface area contributed by atoms with Gasteiger partial charge in [0.1, 0.15) is 0 Å². The van der Waals surface area contributed by atoms with Gasteiger partial charge in [0, 0.05) is 0 Å². The molecule has 2 aromatic rings. The van der Waals surface area contributed by atoms with Crippen molar-refractivity contribution in [1.82, 2.24) is 0 Å². The summed E-state index contributed by atoms with van der Waals surface area (Å²) in [4.78, 5) is -0.0983. The van der Waals surface area contributed by atoms with Crippen LogP contribution in [0.1, 0.15) is 12.5 Å². The van der Waals surface area contributed by atoms with Crippen molar-refractivity contribution in [3.8, 4) is 0 Å². The molecule has 1 atom stereocenters. The summed E-state index contributed by atoms with van der Waals surface area (Å²) in [5, 5.41) is 9.46. The highest BCUT2D eigenvalue weighted by Gasteiger charge is 2.47. The maximum absolute atomic E-state index is 12.7. The summed E-state index contributed by atoms with van der Waals surface area (Å²) in [6.07, 6.45) is -3.37. The normalized spacial score (nSPS) is 15.4. The van der Waals surface area contributed by atoms with Crippen molar-refractivity contribution in [3.63, 3.8) is 0 Å². The zero-order valence-corrected chi connectivity index (χ0v) is 13.5. The summed E-state index contributed by atoms with van der Waals surface area (Å²) in [6.45, 7) is 0.595. The second kappa shape index (κ2) is 6.41. The van der Waals surface area contributed by atoms with Gasteiger partial charge in [-0.3, -0.25) is 0 Å². The van der Waals surface area contributed by atoms with E-state index in [-0.39, 0.29) is 15.4 Å². The molecule has 0 radical (unpaired) electrons. The largest absolute Gasteiger partial charge is 0.420 e. The van der Waals surface area contributed by atoms with Crippen LogP contribution in [0.25, 0.3) is 6.08 Å². The van der Waals surface area contributed by atoms with Crippen LogP contribution in [0, 0.1) is 0 Å². The molecular weight excluding hydrogens is 341 g/mol. The molecule has 1 unspecified atom stereocenters. The molecule has 128 valence electrons. The van der Waals surface area contributed by atoms with Gasteiger partial charge in [-0.15, -0.1) is 0 Å². The monoisotopic (exact) mass is 356 g/mol. The Morgan fingerprint density at radius 2 is 1.50 bits per heavy atom. The molecule has 0 saturated heterocycles. The summed E-state index contributed by atoms with van der Waals surface area (Å²) in [6, 6.07) is 13.2. The first-order valence-corrected chi connectivity index (χ1v) is 8.41. The Morgan fingerprint density at radius 3 is 2.08 bits per heavy atom. The first kappa shape index (κ1) is 18.2. The van der Waals surface area contributed by atoms with E-state index in [1.807, 2.05) is 0 Å². The standard InChI is InChI=1S/C17H15F3O3S/c1-16(21,17(18,19)20)12-11-13-7-5-6-10-15(13)24(22,23)14-8-3-2-4-9-14/h2-12,21H,1H3. The van der Waals surface area contributed by atoms with E-state index in [9.17, 15) is 26.7 Å². The van der Waals surface area contributed by atoms with Gasteiger partial charge in [-0.1, -0.05) is 42.5 Å². The lowest BCUT2D eigenvalue weighted by atomic mass is 10.0. The minimum absolute atomic E-state index is 0.0356. The van der Waals surface area contributed by atoms with Crippen LogP contribution in [0.3, 0.4) is 0 Å². The smallest absolute Gasteiger partial charge is 0.377 e. The van der Waals surface area contributed by atoms with Gasteiger partial charge >= 0.3 is 6.18 Å². The fourth-order valence-corrected chi connectivity index (χ4v) is 3.41. The molecule has 0 aliphatic rings. The molecule has 2 aromatic carbocycles. The number of halogens is 3. The number of hydrogen-bond donors (Lipinski definition) is 1. The minimum atomic E-state index is -4.86. The first-order valence-electron chi connectivity index (χ1n) is 6.93. The van der Waals surface area contributed by atoms with Gasteiger partial charge in [-0.05, 0) is 36.8 Å². The lowest BCUT2D eigenvalue weighted by Crippen LogP contribution is -2.39. The zero-order valence-electron chi connectivity index (χ0n) is 12.7. The van der Waals surface area contributed by atoms with E-state index in [2.05, 4.69) is 0 Å². The molecule has 0 fully saturated rings. The Balaban J connectivity index is 2.50. The van der Waals surface area contributed by atoms with Crippen LogP contribution in [0.4, 0.5) is 13.2 Å². The third-order valence-corrected chi connectivity index (χ3v) is 5.27. The van der Waals surface area contributed by atoms with E-state index in [0.29, 0.717) is 13.0 Å². The van der Waals surface area contributed by atoms with Crippen molar-refractivity contribution in [2.75, 3.05) is 0 Å². The second-order valence-corrected chi connectivity index (χ2v) is 7.25. The number of alkyl halides is 3. The predicted molar refractivity (Wildman–Crippen MR) is 84.0 cm³/mol. The predicted octanol–water partition coefficient (Wildman–Crippen LogP) is 3.85. The Bertz CT molecular complexity index is 839. The highest BCUT2D eigenvalue weighted by Crippen LogP contribution is 2.32. The fourth-order valence-electron chi connectivity index (χ4n) is 1.94. The number of aliphatic hydroxyl groups is 1. The van der Waals surface area contributed by atoms with Gasteiger partial charge < -0.3 is 5.11 Å². The van der Waals surface area contributed by atoms with Crippen molar-refractivity contribution in [3.05, 3.63) is 66.2 Å². The number of benzene rings is 2. The van der Waals surface area contributed by atoms with Gasteiger partial charge in [0.05, 0.1) is 9.79 Å². The molecule has 0 bridgehead atoms. The summed E-state index contributed by atoms with van der Waals surface area (Å²) < 4.78 is 63.5. The lowest BCUT2D eigenvalue weighted by Gasteiger charge is -2.22. The van der Waals surface area contributed by atoms with Crippen LogP contribution in [0.15, 0.2) is 70.5 Å². The summed E-state index contributed by atoms with van der Waals surface area (Å²) in [5.74, 6) is 0. The van der Waals surface area contributed by atoms with Crippen LogP contribution in [0.5, 0.6) is 0 Å². The molecule has 7 heteroatoms. The summed E-state index contributed by atoms with van der Waals surface area (Å²) in [7, 11) is -3.89. The van der Waals surface area contributed by atoms with Gasteiger partial charge in [-0.2, -0.15) is 13.2 Å². The molecule has 0 saturated carbocycles. The molecular formula is C17H15F3O3S. The molecule has 2 rings (SSSR count). The first-order chi connectivity index (χ1) is 11.1. The minimum Gasteiger partial charge on any atom is -0.377 e. The summed E-state index contributed by atoms with van der Waals surface area (Å²) >= 11 is 0. The highest BCUT2D eigenvalue weighted by atomic mass is 32.2. The zero-order chi connectivity index (χ0) is 18.0. The molecule has 3 nitrogen and oxygen atoms in total. The van der Waals surface area contributed by atoms with Crippen LogP contribution in [-0.2, 0) is 9.84 Å². The maximum Gasteiger partial charge on any atom is 0.420 e. The van der Waals surface area contributed by atoms with Gasteiger partial charge in [-0.25, -0.2) is 8.42 Å². The number of hydrogen-bond acceptors (Lipinski definition) is 3. The van der Waals surface area contributed by atoms with Gasteiger partial charge in [0.2, 0.25) is 9.84 Å². The van der Waals surface area contributed by atoms with Crippen LogP contribution >= 0.6 is 0 Å². The quantitative estimate of drug-likeness (QED) is 0.905. The summed E-state index contributed by atoms with van der Waals surface area (Å²) in [5.41, 5.74) is -3.00. The Morgan fingerprint density at radius 1 is 0.958 bits per heavy atom. The van der Waals surface area contributed by atoms with Crippen molar-refractivity contribution in [2.45, 2.75) is 28.5 Å². The van der Waals surface area contributed by atoms with E-state index in [1.54, 1.807) is 18.2 Å². The third kappa shape index (κ3) is 3.68.